The predicted molar refractivity (Wildman–Crippen MR) is 92.7 cm³/mol. The van der Waals surface area contributed by atoms with Crippen molar-refractivity contribution < 1.29 is 25.2 Å². The normalized spacial score (nSPS) is 10.7. The predicted octanol–water partition coefficient (Wildman–Crippen LogP) is 3.68. The molecule has 0 fully saturated rings. The van der Waals surface area contributed by atoms with Crippen LogP contribution in [0.3, 0.4) is 0 Å². The first-order valence-electron chi connectivity index (χ1n) is 6.86. The van der Waals surface area contributed by atoms with Gasteiger partial charge in [-0.25, -0.2) is 0 Å². The van der Waals surface area contributed by atoms with Crippen molar-refractivity contribution in [1.82, 2.24) is 0 Å². The number of halogens is 1. The minimum Gasteiger partial charge on any atom is -0.506 e. The van der Waals surface area contributed by atoms with Gasteiger partial charge >= 0.3 is 0 Å². The second-order valence-electron chi connectivity index (χ2n) is 5.06. The minimum atomic E-state index is -0.738. The zero-order valence-corrected chi connectivity index (χ0v) is 13.7. The molecule has 5 N–H and O–H groups in total. The fraction of sp³-hybridized carbons (Fsp3) is 0. The SMILES string of the molecule is O=C(Nc1c(O)c(O)c2c(O)c(Br)ccc2c1O)c1ccccc1. The van der Waals surface area contributed by atoms with Gasteiger partial charge in [-0.05, 0) is 40.2 Å². The lowest BCUT2D eigenvalue weighted by molar-refractivity contribution is 0.102. The van der Waals surface area contributed by atoms with Crippen LogP contribution in [0.4, 0.5) is 5.69 Å². The van der Waals surface area contributed by atoms with Crippen LogP contribution >= 0.6 is 15.9 Å². The number of nitrogens with one attached hydrogen (secondary N) is 1. The molecular weight excluding hydrogens is 378 g/mol. The van der Waals surface area contributed by atoms with E-state index in [2.05, 4.69) is 21.2 Å². The third-order valence-electron chi connectivity index (χ3n) is 3.59. The first kappa shape index (κ1) is 15.9. The van der Waals surface area contributed by atoms with Crippen molar-refractivity contribution in [1.29, 1.82) is 0 Å². The van der Waals surface area contributed by atoms with E-state index in [1.807, 2.05) is 0 Å². The van der Waals surface area contributed by atoms with E-state index < -0.39 is 23.2 Å². The van der Waals surface area contributed by atoms with Gasteiger partial charge in [-0.15, -0.1) is 0 Å². The van der Waals surface area contributed by atoms with Gasteiger partial charge < -0.3 is 25.7 Å². The molecule has 7 heteroatoms. The van der Waals surface area contributed by atoms with Crippen LogP contribution in [0.5, 0.6) is 23.0 Å². The monoisotopic (exact) mass is 389 g/mol. The number of amides is 1. The molecule has 0 radical (unpaired) electrons. The largest absolute Gasteiger partial charge is 0.506 e. The molecule has 122 valence electrons. The summed E-state index contributed by atoms with van der Waals surface area (Å²) in [6.45, 7) is 0. The van der Waals surface area contributed by atoms with E-state index in [-0.39, 0.29) is 26.7 Å². The van der Waals surface area contributed by atoms with E-state index in [9.17, 15) is 25.2 Å². The number of hydrogen-bond donors (Lipinski definition) is 5. The molecule has 0 aliphatic rings. The summed E-state index contributed by atoms with van der Waals surface area (Å²) in [4.78, 5) is 12.2. The number of phenolic OH excluding ortho intramolecular Hbond substituents is 4. The Balaban J connectivity index is 2.16. The Morgan fingerprint density at radius 1 is 0.833 bits per heavy atom. The molecule has 3 aromatic carbocycles. The molecule has 0 saturated heterocycles. The quantitative estimate of drug-likeness (QED) is 0.339. The van der Waals surface area contributed by atoms with Gasteiger partial charge in [-0.1, -0.05) is 18.2 Å². The zero-order valence-electron chi connectivity index (χ0n) is 12.1. The van der Waals surface area contributed by atoms with E-state index in [4.69, 9.17) is 0 Å². The molecule has 0 atom stereocenters. The zero-order chi connectivity index (χ0) is 17.4. The van der Waals surface area contributed by atoms with E-state index in [0.29, 0.717) is 5.56 Å². The summed E-state index contributed by atoms with van der Waals surface area (Å²) in [7, 11) is 0. The lowest BCUT2D eigenvalue weighted by Gasteiger charge is -2.15. The number of hydrogen-bond acceptors (Lipinski definition) is 5. The lowest BCUT2D eigenvalue weighted by atomic mass is 10.0. The first-order chi connectivity index (χ1) is 11.4. The van der Waals surface area contributed by atoms with E-state index >= 15 is 0 Å². The Morgan fingerprint density at radius 3 is 2.17 bits per heavy atom. The molecule has 6 nitrogen and oxygen atoms in total. The van der Waals surface area contributed by atoms with Gasteiger partial charge in [0.15, 0.2) is 17.2 Å². The molecule has 24 heavy (non-hydrogen) atoms. The van der Waals surface area contributed by atoms with Gasteiger partial charge in [-0.3, -0.25) is 4.79 Å². The molecule has 3 rings (SSSR count). The van der Waals surface area contributed by atoms with Crippen molar-refractivity contribution >= 4 is 38.3 Å². The van der Waals surface area contributed by atoms with Crippen molar-refractivity contribution in [2.45, 2.75) is 0 Å². The van der Waals surface area contributed by atoms with Crippen LogP contribution in [-0.4, -0.2) is 26.3 Å². The third-order valence-corrected chi connectivity index (χ3v) is 4.23. The van der Waals surface area contributed by atoms with Crippen molar-refractivity contribution in [2.24, 2.45) is 0 Å². The Hall–Kier alpha value is -2.93. The number of fused-ring (bicyclic) bond motifs is 1. The molecule has 0 saturated carbocycles. The van der Waals surface area contributed by atoms with E-state index in [0.717, 1.165) is 0 Å². The maximum Gasteiger partial charge on any atom is 0.255 e. The number of carbonyl (C=O) groups is 1. The summed E-state index contributed by atoms with van der Waals surface area (Å²) >= 11 is 3.09. The topological polar surface area (TPSA) is 110 Å². The summed E-state index contributed by atoms with van der Waals surface area (Å²) in [5, 5.41) is 43.0. The van der Waals surface area contributed by atoms with Crippen LogP contribution in [0.1, 0.15) is 10.4 Å². The van der Waals surface area contributed by atoms with Crippen LogP contribution in [-0.2, 0) is 0 Å². The Labute approximate surface area is 144 Å². The fourth-order valence-electron chi connectivity index (χ4n) is 2.38. The van der Waals surface area contributed by atoms with Crippen LogP contribution < -0.4 is 5.32 Å². The average Bonchev–Trinajstić information content (AvgIpc) is 2.59. The van der Waals surface area contributed by atoms with Gasteiger partial charge in [0, 0.05) is 10.9 Å². The summed E-state index contributed by atoms with van der Waals surface area (Å²) in [6.07, 6.45) is 0. The molecule has 0 aromatic heterocycles. The number of anilines is 1. The summed E-state index contributed by atoms with van der Waals surface area (Å²) in [6, 6.07) is 11.1. The van der Waals surface area contributed by atoms with E-state index in [1.54, 1.807) is 30.3 Å². The molecule has 0 aliphatic carbocycles. The second-order valence-corrected chi connectivity index (χ2v) is 5.91. The van der Waals surface area contributed by atoms with Crippen LogP contribution in [0.15, 0.2) is 46.9 Å². The number of carbonyl (C=O) groups excluding carboxylic acids is 1. The molecule has 0 bridgehead atoms. The van der Waals surface area contributed by atoms with Crippen LogP contribution in [0, 0.1) is 0 Å². The molecule has 0 aliphatic heterocycles. The van der Waals surface area contributed by atoms with E-state index in [1.165, 1.54) is 12.1 Å². The highest BCUT2D eigenvalue weighted by molar-refractivity contribution is 9.10. The first-order valence-corrected chi connectivity index (χ1v) is 7.65. The van der Waals surface area contributed by atoms with Crippen molar-refractivity contribution in [3.63, 3.8) is 0 Å². The average molecular weight is 390 g/mol. The Morgan fingerprint density at radius 2 is 1.50 bits per heavy atom. The summed E-state index contributed by atoms with van der Waals surface area (Å²) < 4.78 is 0.283. The molecular formula is C17H12BrNO5. The Bertz CT molecular complexity index is 957. The number of phenols is 4. The van der Waals surface area contributed by atoms with Gasteiger partial charge in [0.2, 0.25) is 0 Å². The smallest absolute Gasteiger partial charge is 0.255 e. The van der Waals surface area contributed by atoms with Crippen LogP contribution in [0.2, 0.25) is 0 Å². The van der Waals surface area contributed by atoms with Crippen molar-refractivity contribution in [3.8, 4) is 23.0 Å². The molecule has 3 aromatic rings. The Kier molecular flexibility index (Phi) is 3.94. The van der Waals surface area contributed by atoms with Gasteiger partial charge in [-0.2, -0.15) is 0 Å². The second kappa shape index (κ2) is 5.93. The van der Waals surface area contributed by atoms with Crippen molar-refractivity contribution in [2.75, 3.05) is 5.32 Å². The maximum absolute atomic E-state index is 12.2. The maximum atomic E-state index is 12.2. The van der Waals surface area contributed by atoms with Gasteiger partial charge in [0.25, 0.3) is 5.91 Å². The highest BCUT2D eigenvalue weighted by Gasteiger charge is 2.23. The fourth-order valence-corrected chi connectivity index (χ4v) is 2.71. The highest BCUT2D eigenvalue weighted by atomic mass is 79.9. The van der Waals surface area contributed by atoms with Crippen molar-refractivity contribution in [3.05, 3.63) is 52.5 Å². The molecule has 0 heterocycles. The number of aromatic hydroxyl groups is 4. The number of benzene rings is 3. The molecule has 0 unspecified atom stereocenters. The summed E-state index contributed by atoms with van der Waals surface area (Å²) in [5.74, 6) is -2.76. The minimum absolute atomic E-state index is 0.0781. The standard InChI is InChI=1S/C17H12BrNO5/c18-10-7-6-9-11(14(10)21)15(22)16(23)12(13(9)20)19-17(24)8-4-2-1-3-5-8/h1-7,20-23H,(H,19,24). The van der Waals surface area contributed by atoms with Crippen LogP contribution in [0.25, 0.3) is 10.8 Å². The van der Waals surface area contributed by atoms with Gasteiger partial charge in [0.1, 0.15) is 11.4 Å². The molecule has 0 spiro atoms. The lowest BCUT2D eigenvalue weighted by Crippen LogP contribution is -2.12. The highest BCUT2D eigenvalue weighted by Crippen LogP contribution is 2.51. The van der Waals surface area contributed by atoms with Gasteiger partial charge in [0.05, 0.1) is 9.86 Å². The third kappa shape index (κ3) is 2.48. The summed E-state index contributed by atoms with van der Waals surface area (Å²) in [5.41, 5.74) is -0.0230. The number of rotatable bonds is 2. The molecule has 1 amide bonds.